The number of ether oxygens (including phenoxy) is 1. The van der Waals surface area contributed by atoms with Crippen LogP contribution in [0.5, 0.6) is 0 Å². The molecule has 0 radical (unpaired) electrons. The van der Waals surface area contributed by atoms with Gasteiger partial charge in [0.25, 0.3) is 5.56 Å². The lowest BCUT2D eigenvalue weighted by Gasteiger charge is -2.11. The van der Waals surface area contributed by atoms with Crippen molar-refractivity contribution >= 4 is 5.82 Å². The highest BCUT2D eigenvalue weighted by Crippen LogP contribution is 2.13. The van der Waals surface area contributed by atoms with Gasteiger partial charge in [-0.1, -0.05) is 38.1 Å². The maximum atomic E-state index is 11.6. The van der Waals surface area contributed by atoms with Crippen LogP contribution in [0.15, 0.2) is 35.1 Å². The zero-order chi connectivity index (χ0) is 15.2. The van der Waals surface area contributed by atoms with Crippen molar-refractivity contribution in [3.63, 3.8) is 0 Å². The molecule has 1 aromatic heterocycles. The fourth-order valence-electron chi connectivity index (χ4n) is 2.05. The Hall–Kier alpha value is -2.14. The number of aromatic amines is 1. The maximum Gasteiger partial charge on any atom is 0.252 e. The number of anilines is 1. The van der Waals surface area contributed by atoms with Crippen LogP contribution in [-0.4, -0.2) is 17.1 Å². The first-order valence-corrected chi connectivity index (χ1v) is 7.01. The molecule has 0 fully saturated rings. The van der Waals surface area contributed by atoms with E-state index in [-0.39, 0.29) is 11.5 Å². The molecule has 1 aromatic carbocycles. The van der Waals surface area contributed by atoms with Gasteiger partial charge in [-0.15, -0.1) is 0 Å². The van der Waals surface area contributed by atoms with Crippen LogP contribution in [0.4, 0.5) is 5.82 Å². The zero-order valence-corrected chi connectivity index (χ0v) is 12.6. The number of hydrogen-bond donors (Lipinski definition) is 2. The molecule has 0 bridgehead atoms. The molecule has 2 rings (SSSR count). The van der Waals surface area contributed by atoms with E-state index in [9.17, 15) is 4.79 Å². The molecule has 112 valence electrons. The van der Waals surface area contributed by atoms with Gasteiger partial charge in [0.1, 0.15) is 11.6 Å². The SMILES string of the molecule is COCc1ccccc1CNc1cc(=O)[nH]c(C(C)C)n1. The predicted molar refractivity (Wildman–Crippen MR) is 83.4 cm³/mol. The van der Waals surface area contributed by atoms with E-state index in [1.54, 1.807) is 7.11 Å². The molecule has 1 heterocycles. The summed E-state index contributed by atoms with van der Waals surface area (Å²) >= 11 is 0. The number of benzene rings is 1. The molecular formula is C16H21N3O2. The lowest BCUT2D eigenvalue weighted by atomic mass is 10.1. The van der Waals surface area contributed by atoms with Gasteiger partial charge in [0.05, 0.1) is 6.61 Å². The van der Waals surface area contributed by atoms with Crippen LogP contribution >= 0.6 is 0 Å². The third-order valence-electron chi connectivity index (χ3n) is 3.19. The van der Waals surface area contributed by atoms with Crippen molar-refractivity contribution in [3.05, 3.63) is 57.6 Å². The van der Waals surface area contributed by atoms with Crippen LogP contribution in [0.1, 0.15) is 36.7 Å². The van der Waals surface area contributed by atoms with Crippen LogP contribution in [0, 0.1) is 0 Å². The maximum absolute atomic E-state index is 11.6. The van der Waals surface area contributed by atoms with Gasteiger partial charge in [0, 0.05) is 25.6 Å². The Morgan fingerprint density at radius 1 is 1.29 bits per heavy atom. The standard InChI is InChI=1S/C16H21N3O2/c1-11(2)16-18-14(8-15(20)19-16)17-9-12-6-4-5-7-13(12)10-21-3/h4-8,11H,9-10H2,1-3H3,(H2,17,18,19,20). The van der Waals surface area contributed by atoms with Crippen LogP contribution in [0.25, 0.3) is 0 Å². The minimum Gasteiger partial charge on any atom is -0.380 e. The second-order valence-electron chi connectivity index (χ2n) is 5.23. The summed E-state index contributed by atoms with van der Waals surface area (Å²) in [6.45, 7) is 5.16. The Labute approximate surface area is 124 Å². The largest absolute Gasteiger partial charge is 0.380 e. The van der Waals surface area contributed by atoms with Crippen molar-refractivity contribution in [2.75, 3.05) is 12.4 Å². The third kappa shape index (κ3) is 4.16. The van der Waals surface area contributed by atoms with Crippen LogP contribution in [-0.2, 0) is 17.9 Å². The monoisotopic (exact) mass is 287 g/mol. The Morgan fingerprint density at radius 3 is 2.67 bits per heavy atom. The summed E-state index contributed by atoms with van der Waals surface area (Å²) in [4.78, 5) is 18.8. The topological polar surface area (TPSA) is 67.0 Å². The Balaban J connectivity index is 2.15. The number of nitrogens with zero attached hydrogens (tertiary/aromatic N) is 1. The molecule has 0 spiro atoms. The summed E-state index contributed by atoms with van der Waals surface area (Å²) in [7, 11) is 1.68. The Kier molecular flexibility index (Phi) is 5.11. The second kappa shape index (κ2) is 7.04. The molecule has 5 heteroatoms. The number of H-pyrrole nitrogens is 1. The van der Waals surface area contributed by atoms with Crippen molar-refractivity contribution in [2.45, 2.75) is 32.9 Å². The average molecular weight is 287 g/mol. The fraction of sp³-hybridized carbons (Fsp3) is 0.375. The van der Waals surface area contributed by atoms with Gasteiger partial charge in [-0.3, -0.25) is 4.79 Å². The molecule has 21 heavy (non-hydrogen) atoms. The highest BCUT2D eigenvalue weighted by atomic mass is 16.5. The lowest BCUT2D eigenvalue weighted by Crippen LogP contribution is -2.15. The lowest BCUT2D eigenvalue weighted by molar-refractivity contribution is 0.184. The highest BCUT2D eigenvalue weighted by Gasteiger charge is 2.06. The summed E-state index contributed by atoms with van der Waals surface area (Å²) in [5.41, 5.74) is 2.12. The normalized spacial score (nSPS) is 10.9. The summed E-state index contributed by atoms with van der Waals surface area (Å²) in [5, 5.41) is 3.21. The number of methoxy groups -OCH3 is 1. The molecule has 2 aromatic rings. The molecule has 0 aliphatic heterocycles. The van der Waals surface area contributed by atoms with Crippen molar-refractivity contribution in [1.82, 2.24) is 9.97 Å². The molecule has 0 saturated heterocycles. The van der Waals surface area contributed by atoms with Crippen LogP contribution in [0.2, 0.25) is 0 Å². The number of aromatic nitrogens is 2. The third-order valence-corrected chi connectivity index (χ3v) is 3.19. The van der Waals surface area contributed by atoms with E-state index in [1.807, 2.05) is 38.1 Å². The van der Waals surface area contributed by atoms with Gasteiger partial charge in [0.2, 0.25) is 0 Å². The summed E-state index contributed by atoms with van der Waals surface area (Å²) in [6.07, 6.45) is 0. The van der Waals surface area contributed by atoms with Crippen LogP contribution in [0.3, 0.4) is 0 Å². The number of nitrogens with one attached hydrogen (secondary N) is 2. The van der Waals surface area contributed by atoms with Crippen molar-refractivity contribution in [1.29, 1.82) is 0 Å². The van der Waals surface area contributed by atoms with Gasteiger partial charge >= 0.3 is 0 Å². The molecule has 0 unspecified atom stereocenters. The summed E-state index contributed by atoms with van der Waals surface area (Å²) < 4.78 is 5.19. The number of hydrogen-bond acceptors (Lipinski definition) is 4. The van der Waals surface area contributed by atoms with E-state index in [1.165, 1.54) is 6.07 Å². The van der Waals surface area contributed by atoms with E-state index >= 15 is 0 Å². The van der Waals surface area contributed by atoms with Gasteiger partial charge in [0.15, 0.2) is 0 Å². The first kappa shape index (κ1) is 15.3. The van der Waals surface area contributed by atoms with E-state index in [4.69, 9.17) is 4.74 Å². The zero-order valence-electron chi connectivity index (χ0n) is 12.6. The molecule has 0 aliphatic rings. The van der Waals surface area contributed by atoms with E-state index in [0.29, 0.717) is 24.8 Å². The molecular weight excluding hydrogens is 266 g/mol. The Morgan fingerprint density at radius 2 is 2.00 bits per heavy atom. The molecule has 5 nitrogen and oxygen atoms in total. The second-order valence-corrected chi connectivity index (χ2v) is 5.23. The fourth-order valence-corrected chi connectivity index (χ4v) is 2.05. The quantitative estimate of drug-likeness (QED) is 0.857. The molecule has 2 N–H and O–H groups in total. The average Bonchev–Trinajstić information content (AvgIpc) is 2.46. The van der Waals surface area contributed by atoms with Gasteiger partial charge in [-0.05, 0) is 11.1 Å². The van der Waals surface area contributed by atoms with Gasteiger partial charge in [-0.25, -0.2) is 4.98 Å². The Bertz CT molecular complexity index is 650. The smallest absolute Gasteiger partial charge is 0.252 e. The molecule has 0 aliphatic carbocycles. The molecule has 0 amide bonds. The summed E-state index contributed by atoms with van der Waals surface area (Å²) in [5.74, 6) is 1.46. The first-order chi connectivity index (χ1) is 10.1. The van der Waals surface area contributed by atoms with E-state index < -0.39 is 0 Å². The molecule has 0 saturated carbocycles. The number of rotatable bonds is 6. The predicted octanol–water partition coefficient (Wildman–Crippen LogP) is 2.65. The van der Waals surface area contributed by atoms with E-state index in [2.05, 4.69) is 15.3 Å². The minimum atomic E-state index is -0.138. The molecule has 0 atom stereocenters. The van der Waals surface area contributed by atoms with Gasteiger partial charge in [-0.2, -0.15) is 0 Å². The van der Waals surface area contributed by atoms with Crippen molar-refractivity contribution in [3.8, 4) is 0 Å². The first-order valence-electron chi connectivity index (χ1n) is 7.01. The van der Waals surface area contributed by atoms with Crippen molar-refractivity contribution < 1.29 is 4.74 Å². The van der Waals surface area contributed by atoms with Crippen molar-refractivity contribution in [2.24, 2.45) is 0 Å². The van der Waals surface area contributed by atoms with Gasteiger partial charge < -0.3 is 15.0 Å². The highest BCUT2D eigenvalue weighted by molar-refractivity contribution is 5.37. The van der Waals surface area contributed by atoms with E-state index in [0.717, 1.165) is 11.1 Å². The van der Waals surface area contributed by atoms with Crippen LogP contribution < -0.4 is 10.9 Å². The minimum absolute atomic E-state index is 0.138. The summed E-state index contributed by atoms with van der Waals surface area (Å²) in [6, 6.07) is 9.52.